The van der Waals surface area contributed by atoms with E-state index in [2.05, 4.69) is 0 Å². The molecule has 5 heteroatoms. The van der Waals surface area contributed by atoms with Gasteiger partial charge in [-0.2, -0.15) is 0 Å². The van der Waals surface area contributed by atoms with Crippen LogP contribution < -0.4 is 4.74 Å². The zero-order chi connectivity index (χ0) is 12.3. The number of hydrogen-bond donors (Lipinski definition) is 1. The Morgan fingerprint density at radius 2 is 2.00 bits per heavy atom. The second-order valence-corrected chi connectivity index (χ2v) is 3.82. The predicted molar refractivity (Wildman–Crippen MR) is 60.1 cm³/mol. The van der Waals surface area contributed by atoms with Gasteiger partial charge in [0, 0.05) is 13.1 Å². The minimum atomic E-state index is -1.06. The van der Waals surface area contributed by atoms with Gasteiger partial charge in [-0.25, -0.2) is 4.79 Å². The molecular weight excluding hydrogens is 222 g/mol. The van der Waals surface area contributed by atoms with Crippen molar-refractivity contribution in [3.05, 3.63) is 29.8 Å². The van der Waals surface area contributed by atoms with Crippen molar-refractivity contribution in [2.45, 2.75) is 6.42 Å². The number of carboxylic acid groups (broad SMARTS) is 1. The summed E-state index contributed by atoms with van der Waals surface area (Å²) in [6, 6.07) is 6.29. The normalized spacial score (nSPS) is 14.0. The van der Waals surface area contributed by atoms with Crippen molar-refractivity contribution in [1.29, 1.82) is 0 Å². The number of benzene rings is 1. The summed E-state index contributed by atoms with van der Waals surface area (Å²) in [7, 11) is 0. The molecule has 90 valence electrons. The molecule has 1 saturated heterocycles. The third kappa shape index (κ3) is 2.55. The van der Waals surface area contributed by atoms with Gasteiger partial charge in [0.15, 0.2) is 6.61 Å². The van der Waals surface area contributed by atoms with E-state index in [1.165, 1.54) is 6.07 Å². The van der Waals surface area contributed by atoms with Gasteiger partial charge in [0.1, 0.15) is 11.3 Å². The number of ether oxygens (including phenoxy) is 1. The van der Waals surface area contributed by atoms with E-state index in [0.717, 1.165) is 19.5 Å². The van der Waals surface area contributed by atoms with E-state index in [4.69, 9.17) is 9.84 Å². The molecule has 0 radical (unpaired) electrons. The maximum absolute atomic E-state index is 11.5. The molecule has 5 nitrogen and oxygen atoms in total. The quantitative estimate of drug-likeness (QED) is 0.845. The fourth-order valence-electron chi connectivity index (χ4n) is 1.57. The second kappa shape index (κ2) is 4.86. The summed E-state index contributed by atoms with van der Waals surface area (Å²) in [5, 5.41) is 8.92. The summed E-state index contributed by atoms with van der Waals surface area (Å²) >= 11 is 0. The number of hydrogen-bond acceptors (Lipinski definition) is 3. The van der Waals surface area contributed by atoms with E-state index in [1.54, 1.807) is 23.1 Å². The minimum absolute atomic E-state index is 0.0731. The highest BCUT2D eigenvalue weighted by atomic mass is 16.5. The summed E-state index contributed by atoms with van der Waals surface area (Å²) in [5.74, 6) is -0.928. The van der Waals surface area contributed by atoms with Crippen LogP contribution in [0.2, 0.25) is 0 Å². The first-order valence-electron chi connectivity index (χ1n) is 5.41. The lowest BCUT2D eigenvalue weighted by Gasteiger charge is -2.30. The van der Waals surface area contributed by atoms with Crippen molar-refractivity contribution in [2.75, 3.05) is 19.7 Å². The zero-order valence-corrected chi connectivity index (χ0v) is 9.26. The predicted octanol–water partition coefficient (Wildman–Crippen LogP) is 0.996. The number of likely N-dealkylation sites (tertiary alicyclic amines) is 1. The van der Waals surface area contributed by atoms with Crippen LogP contribution in [0.25, 0.3) is 0 Å². The summed E-state index contributed by atoms with van der Waals surface area (Å²) in [4.78, 5) is 24.1. The fourth-order valence-corrected chi connectivity index (χ4v) is 1.57. The van der Waals surface area contributed by atoms with Crippen molar-refractivity contribution < 1.29 is 19.4 Å². The fraction of sp³-hybridized carbons (Fsp3) is 0.333. The minimum Gasteiger partial charge on any atom is -0.483 e. The average Bonchev–Trinajstić information content (AvgIpc) is 2.24. The topological polar surface area (TPSA) is 66.8 Å². The third-order valence-electron chi connectivity index (χ3n) is 2.68. The lowest BCUT2D eigenvalue weighted by atomic mass is 10.2. The van der Waals surface area contributed by atoms with Crippen LogP contribution in [-0.2, 0) is 4.79 Å². The lowest BCUT2D eigenvalue weighted by Crippen LogP contribution is -2.44. The molecule has 1 aromatic carbocycles. The van der Waals surface area contributed by atoms with Crippen LogP contribution in [-0.4, -0.2) is 41.6 Å². The molecule has 0 unspecified atom stereocenters. The van der Waals surface area contributed by atoms with Crippen LogP contribution in [0.4, 0.5) is 0 Å². The lowest BCUT2D eigenvalue weighted by molar-refractivity contribution is -0.136. The van der Waals surface area contributed by atoms with Crippen LogP contribution in [0, 0.1) is 0 Å². The number of amides is 1. The molecule has 0 atom stereocenters. The molecule has 2 rings (SSSR count). The van der Waals surface area contributed by atoms with Crippen molar-refractivity contribution in [3.8, 4) is 5.75 Å². The molecular formula is C12H13NO4. The van der Waals surface area contributed by atoms with Crippen molar-refractivity contribution in [1.82, 2.24) is 4.90 Å². The van der Waals surface area contributed by atoms with Gasteiger partial charge in [0.25, 0.3) is 5.91 Å². The van der Waals surface area contributed by atoms with E-state index in [-0.39, 0.29) is 23.8 Å². The molecule has 1 aliphatic heterocycles. The monoisotopic (exact) mass is 235 g/mol. The van der Waals surface area contributed by atoms with Gasteiger partial charge in [-0.1, -0.05) is 12.1 Å². The number of carboxylic acids is 1. The average molecular weight is 235 g/mol. The van der Waals surface area contributed by atoms with Crippen LogP contribution >= 0.6 is 0 Å². The Kier molecular flexibility index (Phi) is 3.27. The maximum atomic E-state index is 11.5. The number of nitrogens with zero attached hydrogens (tertiary/aromatic N) is 1. The summed E-state index contributed by atoms with van der Waals surface area (Å²) in [6.45, 7) is 1.43. The van der Waals surface area contributed by atoms with Crippen molar-refractivity contribution in [3.63, 3.8) is 0 Å². The Bertz CT molecular complexity index is 440. The van der Waals surface area contributed by atoms with Gasteiger partial charge in [-0.15, -0.1) is 0 Å². The molecule has 0 aliphatic carbocycles. The van der Waals surface area contributed by atoms with Crippen molar-refractivity contribution >= 4 is 11.9 Å². The van der Waals surface area contributed by atoms with E-state index in [9.17, 15) is 9.59 Å². The highest BCUT2D eigenvalue weighted by Gasteiger charge is 2.21. The number of para-hydroxylation sites is 1. The third-order valence-corrected chi connectivity index (χ3v) is 2.68. The number of rotatable bonds is 4. The first kappa shape index (κ1) is 11.4. The molecule has 0 bridgehead atoms. The summed E-state index contributed by atoms with van der Waals surface area (Å²) < 4.78 is 5.25. The Morgan fingerprint density at radius 1 is 1.29 bits per heavy atom. The van der Waals surface area contributed by atoms with Gasteiger partial charge >= 0.3 is 5.97 Å². The number of aromatic carboxylic acids is 1. The summed E-state index contributed by atoms with van der Waals surface area (Å²) in [6.07, 6.45) is 1.03. The molecule has 0 saturated carbocycles. The van der Waals surface area contributed by atoms with Crippen LogP contribution in [0.5, 0.6) is 5.75 Å². The number of carbonyl (C=O) groups is 2. The van der Waals surface area contributed by atoms with Gasteiger partial charge in [-0.05, 0) is 18.6 Å². The van der Waals surface area contributed by atoms with E-state index >= 15 is 0 Å². The number of carbonyl (C=O) groups excluding carboxylic acids is 1. The molecule has 1 heterocycles. The van der Waals surface area contributed by atoms with Crippen LogP contribution in [0.15, 0.2) is 24.3 Å². The molecule has 0 spiro atoms. The van der Waals surface area contributed by atoms with Crippen LogP contribution in [0.1, 0.15) is 16.8 Å². The molecule has 17 heavy (non-hydrogen) atoms. The zero-order valence-electron chi connectivity index (χ0n) is 9.26. The Morgan fingerprint density at radius 3 is 2.59 bits per heavy atom. The summed E-state index contributed by atoms with van der Waals surface area (Å²) in [5.41, 5.74) is 0.0731. The van der Waals surface area contributed by atoms with E-state index in [0.29, 0.717) is 0 Å². The molecule has 1 aromatic rings. The van der Waals surface area contributed by atoms with Crippen LogP contribution in [0.3, 0.4) is 0 Å². The first-order valence-corrected chi connectivity index (χ1v) is 5.41. The maximum Gasteiger partial charge on any atom is 0.339 e. The molecule has 1 amide bonds. The largest absolute Gasteiger partial charge is 0.483 e. The van der Waals surface area contributed by atoms with Crippen molar-refractivity contribution in [2.24, 2.45) is 0 Å². The molecule has 1 N–H and O–H groups in total. The van der Waals surface area contributed by atoms with Gasteiger partial charge in [-0.3, -0.25) is 4.79 Å². The molecule has 1 aliphatic rings. The Labute approximate surface area is 98.6 Å². The standard InChI is InChI=1S/C12H13NO4/c14-11(13-6-3-7-13)8-17-10-5-2-1-4-9(10)12(15)16/h1-2,4-5H,3,6-8H2,(H,15,16). The Hall–Kier alpha value is -2.04. The molecule has 1 fully saturated rings. The highest BCUT2D eigenvalue weighted by molar-refractivity contribution is 5.91. The van der Waals surface area contributed by atoms with Gasteiger partial charge in [0.05, 0.1) is 0 Å². The second-order valence-electron chi connectivity index (χ2n) is 3.82. The SMILES string of the molecule is O=C(O)c1ccccc1OCC(=O)N1CCC1. The smallest absolute Gasteiger partial charge is 0.339 e. The highest BCUT2D eigenvalue weighted by Crippen LogP contribution is 2.18. The van der Waals surface area contributed by atoms with Gasteiger partial charge in [0.2, 0.25) is 0 Å². The molecule has 0 aromatic heterocycles. The van der Waals surface area contributed by atoms with E-state index < -0.39 is 5.97 Å². The Balaban J connectivity index is 1.98. The first-order chi connectivity index (χ1) is 8.18. The van der Waals surface area contributed by atoms with E-state index in [1.807, 2.05) is 0 Å². The van der Waals surface area contributed by atoms with Gasteiger partial charge < -0.3 is 14.7 Å².